The van der Waals surface area contributed by atoms with Crippen molar-refractivity contribution in [2.24, 2.45) is 10.9 Å². The highest BCUT2D eigenvalue weighted by atomic mass is 16.7. The van der Waals surface area contributed by atoms with Crippen LogP contribution < -0.4 is 5.73 Å². The molecule has 0 aliphatic carbocycles. The summed E-state index contributed by atoms with van der Waals surface area (Å²) >= 11 is 0. The number of nitrogens with two attached hydrogens (primary N) is 1. The minimum absolute atomic E-state index is 0.00597. The summed E-state index contributed by atoms with van der Waals surface area (Å²) in [4.78, 5) is 27.7. The van der Waals surface area contributed by atoms with E-state index in [0.717, 1.165) is 16.7 Å². The number of hydrogen-bond donors (Lipinski definition) is 1. The van der Waals surface area contributed by atoms with Crippen LogP contribution in [0.1, 0.15) is 29.0 Å². The zero-order valence-corrected chi connectivity index (χ0v) is 16.2. The number of rotatable bonds is 8. The van der Waals surface area contributed by atoms with Gasteiger partial charge in [-0.05, 0) is 16.7 Å². The molecule has 0 saturated heterocycles. The average Bonchev–Trinajstić information content (AvgIpc) is 2.77. The van der Waals surface area contributed by atoms with Crippen LogP contribution in [0.4, 0.5) is 5.69 Å². The number of benzene rings is 3. The maximum Gasteiger partial charge on any atom is 0.336 e. The van der Waals surface area contributed by atoms with Gasteiger partial charge in [0.2, 0.25) is 0 Å². The largest absolute Gasteiger partial charge is 0.384 e. The van der Waals surface area contributed by atoms with Crippen LogP contribution in [-0.2, 0) is 16.1 Å². The van der Waals surface area contributed by atoms with Gasteiger partial charge in [-0.3, -0.25) is 10.1 Å². The van der Waals surface area contributed by atoms with Gasteiger partial charge in [0.25, 0.3) is 5.69 Å². The van der Waals surface area contributed by atoms with Crippen molar-refractivity contribution in [3.63, 3.8) is 0 Å². The summed E-state index contributed by atoms with van der Waals surface area (Å²) in [5.74, 6) is -0.557. The smallest absolute Gasteiger partial charge is 0.336 e. The zero-order chi connectivity index (χ0) is 21.3. The summed E-state index contributed by atoms with van der Waals surface area (Å²) in [6.07, 6.45) is 0.328. The maximum absolute atomic E-state index is 12.4. The first kappa shape index (κ1) is 20.7. The molecule has 0 aliphatic rings. The Balaban J connectivity index is 1.64. The van der Waals surface area contributed by atoms with E-state index in [-0.39, 0.29) is 30.3 Å². The van der Waals surface area contributed by atoms with Crippen molar-refractivity contribution in [1.29, 1.82) is 0 Å². The fraction of sp³-hybridized carbons (Fsp3) is 0.130. The van der Waals surface area contributed by atoms with Crippen molar-refractivity contribution in [1.82, 2.24) is 0 Å². The van der Waals surface area contributed by atoms with Gasteiger partial charge < -0.3 is 10.6 Å². The van der Waals surface area contributed by atoms with Gasteiger partial charge in [-0.1, -0.05) is 78.0 Å². The average molecular weight is 403 g/mol. The Morgan fingerprint density at radius 1 is 0.933 bits per heavy atom. The minimum Gasteiger partial charge on any atom is -0.384 e. The lowest BCUT2D eigenvalue weighted by atomic mass is 9.89. The highest BCUT2D eigenvalue weighted by Crippen LogP contribution is 2.28. The minimum atomic E-state index is -0.501. The molecule has 2 N–H and O–H groups in total. The third-order valence-corrected chi connectivity index (χ3v) is 4.57. The lowest BCUT2D eigenvalue weighted by molar-refractivity contribution is -0.384. The number of nitro groups is 1. The molecule has 0 bridgehead atoms. The number of non-ortho nitro benzene ring substituents is 1. The molecule has 30 heavy (non-hydrogen) atoms. The van der Waals surface area contributed by atoms with Gasteiger partial charge >= 0.3 is 5.97 Å². The molecule has 0 aromatic heterocycles. The summed E-state index contributed by atoms with van der Waals surface area (Å²) < 4.78 is 0. The van der Waals surface area contributed by atoms with E-state index in [0.29, 0.717) is 0 Å². The lowest BCUT2D eigenvalue weighted by Gasteiger charge is -2.16. The van der Waals surface area contributed by atoms with Crippen LogP contribution in [0.15, 0.2) is 90.1 Å². The summed E-state index contributed by atoms with van der Waals surface area (Å²) in [6.45, 7) is 0. The standard InChI is InChI=1S/C23H21N3O4/c24-22(15-17-11-13-20(14-12-17)26(28)29)25-30-23(27)16-21(18-7-3-1-4-8-18)19-9-5-2-6-10-19/h1-14,21H,15-16H2,(H2,24,25). The van der Waals surface area contributed by atoms with Gasteiger partial charge in [-0.25, -0.2) is 4.79 Å². The van der Waals surface area contributed by atoms with Gasteiger partial charge in [-0.15, -0.1) is 0 Å². The maximum atomic E-state index is 12.4. The highest BCUT2D eigenvalue weighted by molar-refractivity contribution is 5.83. The van der Waals surface area contributed by atoms with Crippen molar-refractivity contribution in [3.05, 3.63) is 112 Å². The van der Waals surface area contributed by atoms with Gasteiger partial charge in [-0.2, -0.15) is 0 Å². The topological polar surface area (TPSA) is 108 Å². The fourth-order valence-corrected chi connectivity index (χ4v) is 3.09. The highest BCUT2D eigenvalue weighted by Gasteiger charge is 2.19. The molecule has 0 fully saturated rings. The Morgan fingerprint density at radius 2 is 1.47 bits per heavy atom. The molecular weight excluding hydrogens is 382 g/mol. The third-order valence-electron chi connectivity index (χ3n) is 4.57. The summed E-state index contributed by atoms with van der Waals surface area (Å²) in [5, 5.41) is 14.4. The second-order valence-electron chi connectivity index (χ2n) is 6.72. The van der Waals surface area contributed by atoms with Crippen molar-refractivity contribution in [2.75, 3.05) is 0 Å². The Hall–Kier alpha value is -4.00. The van der Waals surface area contributed by atoms with E-state index < -0.39 is 10.9 Å². The summed E-state index contributed by atoms with van der Waals surface area (Å²) in [6, 6.07) is 25.4. The lowest BCUT2D eigenvalue weighted by Crippen LogP contribution is -2.17. The molecule has 0 unspecified atom stereocenters. The predicted octanol–water partition coefficient (Wildman–Crippen LogP) is 4.17. The Kier molecular flexibility index (Phi) is 6.89. The molecule has 0 amide bonds. The number of hydrogen-bond acceptors (Lipinski definition) is 5. The van der Waals surface area contributed by atoms with Crippen LogP contribution in [-0.4, -0.2) is 16.7 Å². The molecule has 3 aromatic rings. The van der Waals surface area contributed by atoms with E-state index in [1.807, 2.05) is 60.7 Å². The van der Waals surface area contributed by atoms with Crippen LogP contribution in [0, 0.1) is 10.1 Å². The van der Waals surface area contributed by atoms with Crippen molar-refractivity contribution < 1.29 is 14.6 Å². The van der Waals surface area contributed by atoms with Crippen molar-refractivity contribution in [3.8, 4) is 0 Å². The van der Waals surface area contributed by atoms with E-state index in [1.54, 1.807) is 12.1 Å². The quantitative estimate of drug-likeness (QED) is 0.200. The third kappa shape index (κ3) is 5.75. The molecular formula is C23H21N3O4. The van der Waals surface area contributed by atoms with E-state index in [9.17, 15) is 14.9 Å². The second kappa shape index (κ2) is 9.97. The molecule has 0 atom stereocenters. The van der Waals surface area contributed by atoms with Crippen LogP contribution >= 0.6 is 0 Å². The number of nitro benzene ring substituents is 1. The first-order valence-corrected chi connectivity index (χ1v) is 9.38. The molecule has 7 heteroatoms. The molecule has 152 valence electrons. The summed E-state index contributed by atoms with van der Waals surface area (Å²) in [7, 11) is 0. The van der Waals surface area contributed by atoms with Crippen molar-refractivity contribution in [2.45, 2.75) is 18.8 Å². The van der Waals surface area contributed by atoms with Gasteiger partial charge in [0.1, 0.15) is 5.84 Å². The van der Waals surface area contributed by atoms with Gasteiger partial charge in [0, 0.05) is 24.5 Å². The molecule has 0 saturated carbocycles. The van der Waals surface area contributed by atoms with E-state index in [1.165, 1.54) is 12.1 Å². The van der Waals surface area contributed by atoms with Gasteiger partial charge in [0.15, 0.2) is 0 Å². The monoisotopic (exact) mass is 403 g/mol. The van der Waals surface area contributed by atoms with E-state index >= 15 is 0 Å². The van der Waals surface area contributed by atoms with Crippen LogP contribution in [0.25, 0.3) is 0 Å². The van der Waals surface area contributed by atoms with Crippen molar-refractivity contribution >= 4 is 17.5 Å². The van der Waals surface area contributed by atoms with Crippen LogP contribution in [0.5, 0.6) is 0 Å². The SMILES string of the molecule is N/C(Cc1ccc([N+](=O)[O-])cc1)=N\OC(=O)CC(c1ccccc1)c1ccccc1. The van der Waals surface area contributed by atoms with Gasteiger partial charge in [0.05, 0.1) is 11.3 Å². The van der Waals surface area contributed by atoms with E-state index in [2.05, 4.69) is 5.16 Å². The number of oxime groups is 1. The first-order chi connectivity index (χ1) is 14.5. The number of carbonyl (C=O) groups is 1. The number of amidine groups is 1. The second-order valence-corrected chi connectivity index (χ2v) is 6.72. The predicted molar refractivity (Wildman–Crippen MR) is 114 cm³/mol. The molecule has 7 nitrogen and oxygen atoms in total. The molecule has 0 aliphatic heterocycles. The molecule has 3 aromatic carbocycles. The first-order valence-electron chi connectivity index (χ1n) is 9.38. The molecule has 0 heterocycles. The number of nitrogens with zero attached hydrogens (tertiary/aromatic N) is 2. The molecule has 3 rings (SSSR count). The molecule has 0 spiro atoms. The number of carbonyl (C=O) groups excluding carboxylic acids is 1. The zero-order valence-electron chi connectivity index (χ0n) is 16.2. The normalized spacial score (nSPS) is 11.3. The fourth-order valence-electron chi connectivity index (χ4n) is 3.09. The Bertz CT molecular complexity index is 980. The Labute approximate surface area is 173 Å². The summed E-state index contributed by atoms with van der Waals surface area (Å²) in [5.41, 5.74) is 8.57. The van der Waals surface area contributed by atoms with Crippen LogP contribution in [0.3, 0.4) is 0 Å². The Morgan fingerprint density at radius 3 is 1.97 bits per heavy atom. The van der Waals surface area contributed by atoms with Crippen LogP contribution in [0.2, 0.25) is 0 Å². The molecule has 0 radical (unpaired) electrons. The van der Waals surface area contributed by atoms with E-state index in [4.69, 9.17) is 10.6 Å².